The van der Waals surface area contributed by atoms with Gasteiger partial charge in [-0.3, -0.25) is 9.00 Å². The molecular weight excluding hydrogens is 208 g/mol. The fourth-order valence-corrected chi connectivity index (χ4v) is 2.78. The van der Waals surface area contributed by atoms with Crippen LogP contribution in [-0.4, -0.2) is 29.5 Å². The van der Waals surface area contributed by atoms with E-state index in [4.69, 9.17) is 0 Å². The summed E-state index contributed by atoms with van der Waals surface area (Å²) in [5.41, 5.74) is 0. The lowest BCUT2D eigenvalue weighted by atomic mass is 10.5. The van der Waals surface area contributed by atoms with E-state index in [1.807, 2.05) is 11.4 Å². The minimum atomic E-state index is -1.19. The number of hydrogen-bond acceptors (Lipinski definition) is 4. The van der Waals surface area contributed by atoms with Gasteiger partial charge in [-0.25, -0.2) is 0 Å². The van der Waals surface area contributed by atoms with Crippen molar-refractivity contribution in [3.63, 3.8) is 0 Å². The molecule has 0 aliphatic carbocycles. The van der Waals surface area contributed by atoms with Gasteiger partial charge in [-0.1, -0.05) is 6.07 Å². The van der Waals surface area contributed by atoms with E-state index in [0.717, 1.165) is 4.21 Å². The maximum atomic E-state index is 11.4. The molecule has 5 heteroatoms. The molecule has 1 atom stereocenters. The van der Waals surface area contributed by atoms with E-state index < -0.39 is 10.8 Å². The first-order valence-corrected chi connectivity index (χ1v) is 5.86. The fourth-order valence-electron chi connectivity index (χ4n) is 0.813. The first kappa shape index (κ1) is 10.6. The van der Waals surface area contributed by atoms with Gasteiger partial charge in [-0.2, -0.15) is 0 Å². The molecular formula is C8H10O3S2. The van der Waals surface area contributed by atoms with Gasteiger partial charge in [-0.05, 0) is 11.4 Å². The molecule has 0 bridgehead atoms. The Labute approximate surface area is 83.2 Å². The van der Waals surface area contributed by atoms with Crippen molar-refractivity contribution in [2.45, 2.75) is 4.21 Å². The molecule has 0 N–H and O–H groups in total. The van der Waals surface area contributed by atoms with Crippen LogP contribution in [0.15, 0.2) is 21.7 Å². The van der Waals surface area contributed by atoms with Crippen LogP contribution in [0.5, 0.6) is 0 Å². The van der Waals surface area contributed by atoms with Gasteiger partial charge in [0.15, 0.2) is 5.78 Å². The Morgan fingerprint density at radius 1 is 1.69 bits per heavy atom. The molecule has 0 amide bonds. The van der Waals surface area contributed by atoms with E-state index in [0.29, 0.717) is 0 Å². The lowest BCUT2D eigenvalue weighted by molar-refractivity contribution is -0.120. The van der Waals surface area contributed by atoms with Crippen molar-refractivity contribution in [3.05, 3.63) is 17.5 Å². The zero-order valence-electron chi connectivity index (χ0n) is 7.19. The average Bonchev–Trinajstić information content (AvgIpc) is 2.55. The number of methoxy groups -OCH3 is 1. The topological polar surface area (TPSA) is 43.4 Å². The normalized spacial score (nSPS) is 12.7. The molecule has 1 rings (SSSR count). The van der Waals surface area contributed by atoms with Crippen LogP contribution in [0.4, 0.5) is 0 Å². The Kier molecular flexibility index (Phi) is 4.27. The van der Waals surface area contributed by atoms with Crippen LogP contribution in [0, 0.1) is 0 Å². The second-order valence-corrected chi connectivity index (χ2v) is 5.02. The number of carbonyl (C=O) groups is 1. The molecule has 1 heterocycles. The number of hydrogen-bond donors (Lipinski definition) is 0. The van der Waals surface area contributed by atoms with Crippen molar-refractivity contribution >= 4 is 27.9 Å². The van der Waals surface area contributed by atoms with Crippen molar-refractivity contribution in [3.8, 4) is 0 Å². The molecule has 13 heavy (non-hydrogen) atoms. The molecule has 0 spiro atoms. The highest BCUT2D eigenvalue weighted by molar-refractivity contribution is 7.88. The molecule has 0 aliphatic rings. The molecule has 0 saturated carbocycles. The molecule has 0 radical (unpaired) electrons. The molecule has 3 nitrogen and oxygen atoms in total. The Morgan fingerprint density at radius 3 is 3.00 bits per heavy atom. The maximum absolute atomic E-state index is 11.4. The third-order valence-electron chi connectivity index (χ3n) is 1.32. The van der Waals surface area contributed by atoms with Gasteiger partial charge in [-0.15, -0.1) is 11.3 Å². The molecule has 0 saturated heterocycles. The van der Waals surface area contributed by atoms with Crippen molar-refractivity contribution in [2.75, 3.05) is 19.5 Å². The maximum Gasteiger partial charge on any atom is 0.171 e. The van der Waals surface area contributed by atoms with E-state index in [1.54, 1.807) is 6.07 Å². The zero-order valence-corrected chi connectivity index (χ0v) is 8.82. The number of ketones is 1. The van der Waals surface area contributed by atoms with Crippen molar-refractivity contribution in [1.82, 2.24) is 0 Å². The number of rotatable bonds is 5. The van der Waals surface area contributed by atoms with Crippen LogP contribution in [0.2, 0.25) is 0 Å². The Morgan fingerprint density at radius 2 is 2.46 bits per heavy atom. The lowest BCUT2D eigenvalue weighted by Gasteiger charge is -1.97. The summed E-state index contributed by atoms with van der Waals surface area (Å²) in [6.45, 7) is 0.0388. The SMILES string of the molecule is COCC(=O)CS(=O)c1cccs1. The van der Waals surface area contributed by atoms with Gasteiger partial charge in [0.1, 0.15) is 6.61 Å². The highest BCUT2D eigenvalue weighted by atomic mass is 32.2. The third kappa shape index (κ3) is 3.38. The van der Waals surface area contributed by atoms with E-state index in [9.17, 15) is 9.00 Å². The average molecular weight is 218 g/mol. The highest BCUT2D eigenvalue weighted by Crippen LogP contribution is 2.13. The molecule has 1 aromatic rings. The smallest absolute Gasteiger partial charge is 0.171 e. The molecule has 0 aliphatic heterocycles. The van der Waals surface area contributed by atoms with E-state index in [1.165, 1.54) is 18.4 Å². The monoisotopic (exact) mass is 218 g/mol. The number of thiophene rings is 1. The first-order chi connectivity index (χ1) is 6.24. The van der Waals surface area contributed by atoms with E-state index >= 15 is 0 Å². The lowest BCUT2D eigenvalue weighted by Crippen LogP contribution is -2.15. The standard InChI is InChI=1S/C8H10O3S2/c1-11-5-7(9)6-13(10)8-3-2-4-12-8/h2-4H,5-6H2,1H3. The number of Topliss-reactive ketones (excluding diaryl/α,β-unsaturated/α-hetero) is 1. The van der Waals surface area contributed by atoms with Gasteiger partial charge in [0.05, 0.1) is 20.8 Å². The first-order valence-electron chi connectivity index (χ1n) is 3.66. The Hall–Kier alpha value is -0.520. The third-order valence-corrected chi connectivity index (χ3v) is 3.99. The molecule has 1 aromatic heterocycles. The Balaban J connectivity index is 2.47. The molecule has 1 unspecified atom stereocenters. The second kappa shape index (κ2) is 5.26. The van der Waals surface area contributed by atoms with E-state index in [-0.39, 0.29) is 18.1 Å². The summed E-state index contributed by atoms with van der Waals surface area (Å²) in [5, 5.41) is 1.84. The van der Waals surface area contributed by atoms with Crippen molar-refractivity contribution < 1.29 is 13.7 Å². The summed E-state index contributed by atoms with van der Waals surface area (Å²) < 4.78 is 16.8. The molecule has 0 aromatic carbocycles. The molecule has 0 fully saturated rings. The van der Waals surface area contributed by atoms with Gasteiger partial charge in [0.25, 0.3) is 0 Å². The van der Waals surface area contributed by atoms with Gasteiger partial charge >= 0.3 is 0 Å². The van der Waals surface area contributed by atoms with Crippen LogP contribution in [0.25, 0.3) is 0 Å². The van der Waals surface area contributed by atoms with Crippen LogP contribution in [0.3, 0.4) is 0 Å². The number of carbonyl (C=O) groups excluding carboxylic acids is 1. The molecule has 72 valence electrons. The fraction of sp³-hybridized carbons (Fsp3) is 0.375. The summed E-state index contributed by atoms with van der Waals surface area (Å²) in [4.78, 5) is 11.0. The van der Waals surface area contributed by atoms with Crippen LogP contribution in [0.1, 0.15) is 0 Å². The van der Waals surface area contributed by atoms with Crippen LogP contribution in [-0.2, 0) is 20.3 Å². The van der Waals surface area contributed by atoms with E-state index in [2.05, 4.69) is 4.74 Å². The van der Waals surface area contributed by atoms with Crippen molar-refractivity contribution in [2.24, 2.45) is 0 Å². The summed E-state index contributed by atoms with van der Waals surface area (Å²) in [6, 6.07) is 3.58. The van der Waals surface area contributed by atoms with Gasteiger partial charge in [0.2, 0.25) is 0 Å². The zero-order chi connectivity index (χ0) is 9.68. The van der Waals surface area contributed by atoms with Gasteiger partial charge in [0, 0.05) is 7.11 Å². The van der Waals surface area contributed by atoms with Gasteiger partial charge < -0.3 is 4.74 Å². The highest BCUT2D eigenvalue weighted by Gasteiger charge is 2.10. The predicted octanol–water partition coefficient (Wildman–Crippen LogP) is 1.07. The summed E-state index contributed by atoms with van der Waals surface area (Å²) in [5.74, 6) is -0.0804. The van der Waals surface area contributed by atoms with Crippen LogP contribution < -0.4 is 0 Å². The predicted molar refractivity (Wildman–Crippen MR) is 52.5 cm³/mol. The summed E-state index contributed by atoms with van der Waals surface area (Å²) >= 11 is 1.40. The quantitative estimate of drug-likeness (QED) is 0.742. The number of ether oxygens (including phenoxy) is 1. The van der Waals surface area contributed by atoms with Crippen molar-refractivity contribution in [1.29, 1.82) is 0 Å². The minimum absolute atomic E-state index is 0.0388. The minimum Gasteiger partial charge on any atom is -0.377 e. The largest absolute Gasteiger partial charge is 0.377 e. The summed E-state index contributed by atoms with van der Waals surface area (Å²) in [6.07, 6.45) is 0. The summed E-state index contributed by atoms with van der Waals surface area (Å²) in [7, 11) is 0.255. The van der Waals surface area contributed by atoms with Crippen LogP contribution >= 0.6 is 11.3 Å². The Bertz CT molecular complexity index is 292. The second-order valence-electron chi connectivity index (χ2n) is 2.39.